The van der Waals surface area contributed by atoms with Crippen LogP contribution >= 0.6 is 0 Å². The first-order valence-corrected chi connectivity index (χ1v) is 7.79. The Balaban J connectivity index is 1.75. The van der Waals surface area contributed by atoms with Crippen LogP contribution in [-0.2, 0) is 12.6 Å². The Morgan fingerprint density at radius 3 is 2.39 bits per heavy atom. The molecule has 0 bridgehead atoms. The summed E-state index contributed by atoms with van der Waals surface area (Å²) in [5.41, 5.74) is 5.59. The van der Waals surface area contributed by atoms with Crippen molar-refractivity contribution in [2.45, 2.75) is 25.4 Å². The molecule has 0 atom stereocenters. The number of alkyl halides is 3. The van der Waals surface area contributed by atoms with Crippen LogP contribution in [0.1, 0.15) is 24.0 Å². The van der Waals surface area contributed by atoms with E-state index < -0.39 is 11.7 Å². The van der Waals surface area contributed by atoms with Gasteiger partial charge in [-0.15, -0.1) is 0 Å². The van der Waals surface area contributed by atoms with Crippen molar-refractivity contribution in [3.05, 3.63) is 35.4 Å². The molecule has 2 N–H and O–H groups in total. The Labute approximate surface area is 134 Å². The highest BCUT2D eigenvalue weighted by molar-refractivity contribution is 5.71. The summed E-state index contributed by atoms with van der Waals surface area (Å²) in [7, 11) is 0. The molecule has 0 spiro atoms. The van der Waals surface area contributed by atoms with Crippen LogP contribution in [0.3, 0.4) is 0 Å². The maximum absolute atomic E-state index is 12.5. The van der Waals surface area contributed by atoms with Gasteiger partial charge in [0.05, 0.1) is 5.56 Å². The number of nitrogens with two attached hydrogens (primary N) is 1. The van der Waals surface area contributed by atoms with Crippen molar-refractivity contribution in [3.63, 3.8) is 0 Å². The minimum atomic E-state index is -4.28. The van der Waals surface area contributed by atoms with Gasteiger partial charge in [0.25, 0.3) is 0 Å². The van der Waals surface area contributed by atoms with Crippen molar-refractivity contribution >= 4 is 6.03 Å². The number of halogens is 3. The summed E-state index contributed by atoms with van der Waals surface area (Å²) in [5, 5.41) is 0. The third kappa shape index (κ3) is 5.42. The maximum atomic E-state index is 12.5. The zero-order valence-electron chi connectivity index (χ0n) is 13.0. The van der Waals surface area contributed by atoms with E-state index in [1.54, 1.807) is 17.0 Å². The number of hydrogen-bond donors (Lipinski definition) is 1. The van der Waals surface area contributed by atoms with E-state index in [1.165, 1.54) is 0 Å². The number of aryl methyl sites for hydroxylation is 1. The molecule has 1 aliphatic heterocycles. The smallest absolute Gasteiger partial charge is 0.351 e. The number of primary amides is 1. The molecule has 0 aliphatic carbocycles. The van der Waals surface area contributed by atoms with E-state index in [0.717, 1.165) is 56.6 Å². The van der Waals surface area contributed by atoms with Crippen molar-refractivity contribution < 1.29 is 18.0 Å². The minimum absolute atomic E-state index is 0.378. The van der Waals surface area contributed by atoms with Gasteiger partial charge in [-0.3, -0.25) is 0 Å². The van der Waals surface area contributed by atoms with E-state index in [1.807, 2.05) is 0 Å². The molecule has 128 valence electrons. The summed E-state index contributed by atoms with van der Waals surface area (Å²) >= 11 is 0. The summed E-state index contributed by atoms with van der Waals surface area (Å²) in [4.78, 5) is 15.1. The monoisotopic (exact) mass is 329 g/mol. The first-order valence-electron chi connectivity index (χ1n) is 7.79. The molecule has 1 aromatic carbocycles. The van der Waals surface area contributed by atoms with Crippen LogP contribution in [0.15, 0.2) is 24.3 Å². The molecule has 23 heavy (non-hydrogen) atoms. The third-order valence-electron chi connectivity index (χ3n) is 4.12. The van der Waals surface area contributed by atoms with Crippen LogP contribution in [0.4, 0.5) is 18.0 Å². The van der Waals surface area contributed by atoms with Gasteiger partial charge in [0.1, 0.15) is 0 Å². The zero-order chi connectivity index (χ0) is 16.9. The standard InChI is InChI=1S/C16H22F3N3O/c17-16(18,19)14-6-4-13(5-7-14)3-1-8-21-9-2-10-22(12-11-21)15(20)23/h4-7H,1-3,8-12H2,(H2,20,23). The molecule has 0 unspecified atom stereocenters. The Morgan fingerprint density at radius 2 is 1.78 bits per heavy atom. The number of carbonyl (C=O) groups excluding carboxylic acids is 1. The van der Waals surface area contributed by atoms with Gasteiger partial charge in [-0.1, -0.05) is 12.1 Å². The molecule has 1 aromatic rings. The molecule has 0 saturated carbocycles. The Hall–Kier alpha value is -1.76. The first-order chi connectivity index (χ1) is 10.9. The second-order valence-corrected chi connectivity index (χ2v) is 5.82. The summed E-state index contributed by atoms with van der Waals surface area (Å²) in [6.45, 7) is 3.89. The van der Waals surface area contributed by atoms with E-state index in [4.69, 9.17) is 5.73 Å². The Kier molecular flexibility index (Phi) is 5.87. The highest BCUT2D eigenvalue weighted by atomic mass is 19.4. The molecule has 1 fully saturated rings. The maximum Gasteiger partial charge on any atom is 0.416 e. The fraction of sp³-hybridized carbons (Fsp3) is 0.562. The third-order valence-corrected chi connectivity index (χ3v) is 4.12. The fourth-order valence-electron chi connectivity index (χ4n) is 2.78. The van der Waals surface area contributed by atoms with E-state index in [0.29, 0.717) is 13.1 Å². The topological polar surface area (TPSA) is 49.6 Å². The molecule has 1 saturated heterocycles. The number of benzene rings is 1. The van der Waals surface area contributed by atoms with E-state index >= 15 is 0 Å². The van der Waals surface area contributed by atoms with Crippen molar-refractivity contribution in [1.82, 2.24) is 9.80 Å². The second-order valence-electron chi connectivity index (χ2n) is 5.82. The highest BCUT2D eigenvalue weighted by Gasteiger charge is 2.29. The van der Waals surface area contributed by atoms with Gasteiger partial charge in [0, 0.05) is 19.6 Å². The predicted octanol–water partition coefficient (Wildman–Crippen LogP) is 2.72. The molecule has 2 amide bonds. The van der Waals surface area contributed by atoms with Crippen LogP contribution in [-0.4, -0.2) is 48.6 Å². The van der Waals surface area contributed by atoms with E-state index in [2.05, 4.69) is 4.90 Å². The molecule has 1 heterocycles. The number of hydrogen-bond acceptors (Lipinski definition) is 2. The summed E-state index contributed by atoms with van der Waals surface area (Å²) < 4.78 is 37.5. The largest absolute Gasteiger partial charge is 0.416 e. The van der Waals surface area contributed by atoms with E-state index in [-0.39, 0.29) is 6.03 Å². The minimum Gasteiger partial charge on any atom is -0.351 e. The van der Waals surface area contributed by atoms with Gasteiger partial charge in [0.15, 0.2) is 0 Å². The Bertz CT molecular complexity index is 516. The van der Waals surface area contributed by atoms with Crippen molar-refractivity contribution in [3.8, 4) is 0 Å². The van der Waals surface area contributed by atoms with Crippen LogP contribution in [0.2, 0.25) is 0 Å². The van der Waals surface area contributed by atoms with E-state index in [9.17, 15) is 18.0 Å². The molecular weight excluding hydrogens is 307 g/mol. The lowest BCUT2D eigenvalue weighted by molar-refractivity contribution is -0.137. The molecule has 7 heteroatoms. The number of rotatable bonds is 4. The van der Waals surface area contributed by atoms with Crippen LogP contribution in [0, 0.1) is 0 Å². The van der Waals surface area contributed by atoms with Crippen LogP contribution in [0.5, 0.6) is 0 Å². The SMILES string of the molecule is NC(=O)N1CCCN(CCCc2ccc(C(F)(F)F)cc2)CC1. The molecule has 2 rings (SSSR count). The molecule has 0 radical (unpaired) electrons. The highest BCUT2D eigenvalue weighted by Crippen LogP contribution is 2.29. The number of urea groups is 1. The number of carbonyl (C=O) groups is 1. The lowest BCUT2D eigenvalue weighted by Crippen LogP contribution is -2.38. The Morgan fingerprint density at radius 1 is 1.09 bits per heavy atom. The van der Waals surface area contributed by atoms with Crippen molar-refractivity contribution in [2.24, 2.45) is 5.73 Å². The normalized spacial score (nSPS) is 17.1. The molecule has 4 nitrogen and oxygen atoms in total. The number of nitrogens with zero attached hydrogens (tertiary/aromatic N) is 2. The molecular formula is C16H22F3N3O. The zero-order valence-corrected chi connectivity index (χ0v) is 13.0. The summed E-state index contributed by atoms with van der Waals surface area (Å²) in [6, 6.07) is 4.97. The van der Waals surface area contributed by atoms with Gasteiger partial charge >= 0.3 is 12.2 Å². The second kappa shape index (κ2) is 7.68. The number of amides is 2. The van der Waals surface area contributed by atoms with Gasteiger partial charge in [-0.2, -0.15) is 13.2 Å². The average molecular weight is 329 g/mol. The lowest BCUT2D eigenvalue weighted by Gasteiger charge is -2.20. The van der Waals surface area contributed by atoms with Gasteiger partial charge in [0.2, 0.25) is 0 Å². The van der Waals surface area contributed by atoms with Gasteiger partial charge in [-0.25, -0.2) is 4.79 Å². The molecule has 0 aromatic heterocycles. The summed E-state index contributed by atoms with van der Waals surface area (Å²) in [5.74, 6) is 0. The average Bonchev–Trinajstić information content (AvgIpc) is 2.73. The fourth-order valence-corrected chi connectivity index (χ4v) is 2.78. The van der Waals surface area contributed by atoms with Crippen LogP contribution < -0.4 is 5.73 Å². The van der Waals surface area contributed by atoms with Crippen molar-refractivity contribution in [2.75, 3.05) is 32.7 Å². The predicted molar refractivity (Wildman–Crippen MR) is 82.0 cm³/mol. The van der Waals surface area contributed by atoms with Crippen LogP contribution in [0.25, 0.3) is 0 Å². The van der Waals surface area contributed by atoms with Gasteiger partial charge < -0.3 is 15.5 Å². The molecule has 1 aliphatic rings. The first kappa shape index (κ1) is 17.6. The lowest BCUT2D eigenvalue weighted by atomic mass is 10.1. The van der Waals surface area contributed by atoms with Crippen molar-refractivity contribution in [1.29, 1.82) is 0 Å². The van der Waals surface area contributed by atoms with Gasteiger partial charge in [-0.05, 0) is 50.0 Å². The quantitative estimate of drug-likeness (QED) is 0.923. The summed E-state index contributed by atoms with van der Waals surface area (Å²) in [6.07, 6.45) is -1.77.